The van der Waals surface area contributed by atoms with E-state index in [0.29, 0.717) is 24.5 Å². The molecule has 0 radical (unpaired) electrons. The van der Waals surface area contributed by atoms with Crippen LogP contribution in [0.15, 0.2) is 52.5 Å². The Labute approximate surface area is 204 Å². The predicted octanol–water partition coefficient (Wildman–Crippen LogP) is 5.49. The minimum Gasteiger partial charge on any atom is -0.459 e. The van der Waals surface area contributed by atoms with Crippen molar-refractivity contribution in [3.8, 4) is 0 Å². The first kappa shape index (κ1) is 23.3. The van der Waals surface area contributed by atoms with E-state index in [1.807, 2.05) is 24.3 Å². The number of hydrogen-bond donors (Lipinski definition) is 1. The van der Waals surface area contributed by atoms with Gasteiger partial charge in [-0.25, -0.2) is 4.79 Å². The largest absolute Gasteiger partial charge is 0.459 e. The number of aliphatic hydroxyl groups is 1. The highest BCUT2D eigenvalue weighted by molar-refractivity contribution is 9.10. The van der Waals surface area contributed by atoms with Gasteiger partial charge in [0.15, 0.2) is 6.29 Å². The first-order valence-corrected chi connectivity index (χ1v) is 12.8. The molecule has 33 heavy (non-hydrogen) atoms. The molecule has 1 aromatic rings. The van der Waals surface area contributed by atoms with Gasteiger partial charge in [-0.1, -0.05) is 66.2 Å². The molecule has 4 aliphatic rings. The van der Waals surface area contributed by atoms with Crippen molar-refractivity contribution in [1.82, 2.24) is 0 Å². The third-order valence-corrected chi connectivity index (χ3v) is 9.57. The number of allylic oxidation sites excluding steroid dienone is 2. The van der Waals surface area contributed by atoms with Crippen molar-refractivity contribution in [2.45, 2.75) is 64.4 Å². The Morgan fingerprint density at radius 3 is 2.76 bits per heavy atom. The van der Waals surface area contributed by atoms with E-state index >= 15 is 0 Å². The van der Waals surface area contributed by atoms with Crippen molar-refractivity contribution < 1.29 is 24.1 Å². The SMILES string of the molecule is C=C1CCC2[C@]3(C)COC(c4ccccc4Br)O[C@@H]3CC[C@@]2(C)[C@@H]1C/C=C1/C(=O)OC[C@H]1O. The zero-order chi connectivity index (χ0) is 23.4. The highest BCUT2D eigenvalue weighted by Gasteiger charge is 2.60. The molecule has 2 unspecified atom stereocenters. The number of carbonyl (C=O) groups excluding carboxylic acids is 1. The molecule has 0 spiro atoms. The third-order valence-electron chi connectivity index (χ3n) is 8.85. The number of esters is 1. The Hall–Kier alpha value is -1.47. The van der Waals surface area contributed by atoms with Gasteiger partial charge in [-0.3, -0.25) is 0 Å². The predicted molar refractivity (Wildman–Crippen MR) is 128 cm³/mol. The molecule has 178 valence electrons. The molecule has 2 heterocycles. The van der Waals surface area contributed by atoms with E-state index in [9.17, 15) is 9.90 Å². The second-order valence-electron chi connectivity index (χ2n) is 10.7. The molecule has 5 nitrogen and oxygen atoms in total. The molecular weight excluding hydrogens is 484 g/mol. The van der Waals surface area contributed by atoms with Crippen LogP contribution >= 0.6 is 15.9 Å². The van der Waals surface area contributed by atoms with Crippen LogP contribution in [0.3, 0.4) is 0 Å². The van der Waals surface area contributed by atoms with Gasteiger partial charge in [-0.2, -0.15) is 0 Å². The van der Waals surface area contributed by atoms with Gasteiger partial charge in [0.05, 0.1) is 18.3 Å². The lowest BCUT2D eigenvalue weighted by atomic mass is 9.46. The molecule has 2 saturated heterocycles. The molecule has 1 N–H and O–H groups in total. The number of fused-ring (bicyclic) bond motifs is 3. The Morgan fingerprint density at radius 1 is 1.24 bits per heavy atom. The van der Waals surface area contributed by atoms with E-state index in [1.54, 1.807) is 0 Å². The number of aliphatic hydroxyl groups excluding tert-OH is 1. The fourth-order valence-corrected chi connectivity index (χ4v) is 7.50. The lowest BCUT2D eigenvalue weighted by Gasteiger charge is -2.62. The van der Waals surface area contributed by atoms with Crippen molar-refractivity contribution in [2.24, 2.45) is 22.7 Å². The van der Waals surface area contributed by atoms with Gasteiger partial charge in [-0.15, -0.1) is 0 Å². The van der Waals surface area contributed by atoms with E-state index in [1.165, 1.54) is 5.57 Å². The van der Waals surface area contributed by atoms with Crippen molar-refractivity contribution in [3.63, 3.8) is 0 Å². The van der Waals surface area contributed by atoms with Gasteiger partial charge < -0.3 is 19.3 Å². The van der Waals surface area contributed by atoms with Gasteiger partial charge in [0.2, 0.25) is 0 Å². The van der Waals surface area contributed by atoms with E-state index in [-0.39, 0.29) is 35.7 Å². The Kier molecular flexibility index (Phi) is 6.09. The Bertz CT molecular complexity index is 988. The third kappa shape index (κ3) is 3.83. The van der Waals surface area contributed by atoms with Crippen LogP contribution in [0.25, 0.3) is 0 Å². The summed E-state index contributed by atoms with van der Waals surface area (Å²) in [5, 5.41) is 10.1. The normalized spacial score (nSPS) is 42.1. The molecule has 2 aliphatic heterocycles. The summed E-state index contributed by atoms with van der Waals surface area (Å²) in [6, 6.07) is 8.10. The second-order valence-corrected chi connectivity index (χ2v) is 11.5. The maximum Gasteiger partial charge on any atom is 0.336 e. The van der Waals surface area contributed by atoms with Crippen LogP contribution < -0.4 is 0 Å². The summed E-state index contributed by atoms with van der Waals surface area (Å²) in [6.45, 7) is 9.86. The summed E-state index contributed by atoms with van der Waals surface area (Å²) in [4.78, 5) is 12.0. The smallest absolute Gasteiger partial charge is 0.336 e. The number of halogens is 1. The molecule has 2 aliphatic carbocycles. The number of ether oxygens (including phenoxy) is 3. The minimum absolute atomic E-state index is 0.0397. The summed E-state index contributed by atoms with van der Waals surface area (Å²) in [6.07, 6.45) is 5.63. The van der Waals surface area contributed by atoms with Crippen LogP contribution in [0, 0.1) is 22.7 Å². The molecule has 5 rings (SSSR count). The monoisotopic (exact) mass is 516 g/mol. The van der Waals surface area contributed by atoms with Crippen molar-refractivity contribution >= 4 is 21.9 Å². The quantitative estimate of drug-likeness (QED) is 0.327. The molecule has 2 saturated carbocycles. The topological polar surface area (TPSA) is 65.0 Å². The number of benzene rings is 1. The van der Waals surface area contributed by atoms with Gasteiger partial charge in [0.1, 0.15) is 12.7 Å². The summed E-state index contributed by atoms with van der Waals surface area (Å²) < 4.78 is 19.0. The van der Waals surface area contributed by atoms with Crippen molar-refractivity contribution in [1.29, 1.82) is 0 Å². The molecule has 0 amide bonds. The lowest BCUT2D eigenvalue weighted by molar-refractivity contribution is -0.307. The molecule has 7 atom stereocenters. The lowest BCUT2D eigenvalue weighted by Crippen LogP contribution is -2.60. The highest BCUT2D eigenvalue weighted by atomic mass is 79.9. The maximum atomic E-state index is 12.0. The molecule has 1 aromatic carbocycles. The van der Waals surface area contributed by atoms with E-state index < -0.39 is 12.1 Å². The van der Waals surface area contributed by atoms with Crippen LogP contribution in [0.2, 0.25) is 0 Å². The first-order chi connectivity index (χ1) is 15.7. The summed E-state index contributed by atoms with van der Waals surface area (Å²) >= 11 is 3.64. The zero-order valence-electron chi connectivity index (χ0n) is 19.4. The number of cyclic esters (lactones) is 1. The van der Waals surface area contributed by atoms with E-state index in [2.05, 4.69) is 42.4 Å². The fraction of sp³-hybridized carbons (Fsp3) is 0.593. The Morgan fingerprint density at radius 2 is 2.03 bits per heavy atom. The minimum atomic E-state index is -0.819. The van der Waals surface area contributed by atoms with Crippen LogP contribution in [0.4, 0.5) is 0 Å². The molecule has 6 heteroatoms. The van der Waals surface area contributed by atoms with Gasteiger partial charge in [-0.05, 0) is 55.4 Å². The summed E-state index contributed by atoms with van der Waals surface area (Å²) in [7, 11) is 0. The standard InChI is InChI=1S/C27H33BrO5/c1-16-8-11-22-26(2,19(16)10-9-18-21(29)14-31-24(18)30)13-12-23-27(22,3)15-32-25(33-23)17-6-4-5-7-20(17)28/h4-7,9,19,21-23,25,29H,1,8,10-15H2,2-3H3/b18-9+/t19-,21-,22?,23-,25?,26+,27+/m1/s1. The maximum absolute atomic E-state index is 12.0. The average molecular weight is 517 g/mol. The fourth-order valence-electron chi connectivity index (χ4n) is 7.02. The molecular formula is C27H33BrO5. The molecule has 4 fully saturated rings. The highest BCUT2D eigenvalue weighted by Crippen LogP contribution is 2.64. The first-order valence-electron chi connectivity index (χ1n) is 12.0. The number of hydrogen-bond acceptors (Lipinski definition) is 5. The number of rotatable bonds is 3. The van der Waals surface area contributed by atoms with Gasteiger partial charge >= 0.3 is 5.97 Å². The van der Waals surface area contributed by atoms with Crippen LogP contribution in [0.5, 0.6) is 0 Å². The van der Waals surface area contributed by atoms with Crippen LogP contribution in [0.1, 0.15) is 57.8 Å². The summed E-state index contributed by atoms with van der Waals surface area (Å²) in [5.74, 6) is 0.287. The van der Waals surface area contributed by atoms with Gasteiger partial charge in [0.25, 0.3) is 0 Å². The zero-order valence-corrected chi connectivity index (χ0v) is 21.0. The van der Waals surface area contributed by atoms with E-state index in [0.717, 1.165) is 35.7 Å². The van der Waals surface area contributed by atoms with Crippen molar-refractivity contribution in [3.05, 3.63) is 58.1 Å². The Balaban J connectivity index is 1.38. The molecule has 0 aromatic heterocycles. The van der Waals surface area contributed by atoms with E-state index in [4.69, 9.17) is 14.2 Å². The summed E-state index contributed by atoms with van der Waals surface area (Å²) in [5.41, 5.74) is 2.64. The second kappa shape index (κ2) is 8.63. The average Bonchev–Trinajstić information content (AvgIpc) is 3.10. The van der Waals surface area contributed by atoms with Gasteiger partial charge in [0, 0.05) is 15.5 Å². The van der Waals surface area contributed by atoms with Crippen LogP contribution in [-0.2, 0) is 19.0 Å². The van der Waals surface area contributed by atoms with Crippen molar-refractivity contribution in [2.75, 3.05) is 13.2 Å². The number of carbonyl (C=O) groups is 1. The molecule has 0 bridgehead atoms. The van der Waals surface area contributed by atoms with Crippen LogP contribution in [-0.4, -0.2) is 36.5 Å².